The van der Waals surface area contributed by atoms with Gasteiger partial charge in [0.15, 0.2) is 17.5 Å². The molecule has 23 heavy (non-hydrogen) atoms. The average Bonchev–Trinajstić information content (AvgIpc) is 2.98. The Bertz CT molecular complexity index is 549. The standard InChI is InChI=1S/C17H27FN4O/c1-4-22-9-5-6-14(22)12-21(3)17(19-2)20-11-13-7-8-16(23)15(18)10-13/h7-8,10,14,23H,4-6,9,11-12H2,1-3H3,(H,19,20). The van der Waals surface area contributed by atoms with Crippen molar-refractivity contribution in [2.24, 2.45) is 4.99 Å². The fourth-order valence-electron chi connectivity index (χ4n) is 3.15. The van der Waals surface area contributed by atoms with Gasteiger partial charge in [-0.2, -0.15) is 0 Å². The van der Waals surface area contributed by atoms with Crippen molar-refractivity contribution in [3.05, 3.63) is 29.6 Å². The molecule has 0 bridgehead atoms. The monoisotopic (exact) mass is 322 g/mol. The Morgan fingerprint density at radius 3 is 2.96 bits per heavy atom. The lowest BCUT2D eigenvalue weighted by Gasteiger charge is -2.29. The molecule has 1 aliphatic rings. The molecule has 0 aliphatic carbocycles. The second-order valence-electron chi connectivity index (χ2n) is 5.99. The number of aliphatic imine (C=N–C) groups is 1. The van der Waals surface area contributed by atoms with Gasteiger partial charge in [0.05, 0.1) is 0 Å². The molecule has 0 amide bonds. The maximum Gasteiger partial charge on any atom is 0.193 e. The Kier molecular flexibility index (Phi) is 6.21. The second-order valence-corrected chi connectivity index (χ2v) is 5.99. The molecule has 5 nitrogen and oxygen atoms in total. The molecule has 1 heterocycles. The zero-order valence-electron chi connectivity index (χ0n) is 14.2. The Labute approximate surface area is 137 Å². The summed E-state index contributed by atoms with van der Waals surface area (Å²) in [6.45, 7) is 5.85. The van der Waals surface area contributed by atoms with Crippen LogP contribution in [0.4, 0.5) is 4.39 Å². The van der Waals surface area contributed by atoms with E-state index in [-0.39, 0.29) is 5.75 Å². The fraction of sp³-hybridized carbons (Fsp3) is 0.588. The van der Waals surface area contributed by atoms with Crippen LogP contribution in [0.25, 0.3) is 0 Å². The van der Waals surface area contributed by atoms with Crippen molar-refractivity contribution in [3.63, 3.8) is 0 Å². The number of guanidine groups is 1. The fourth-order valence-corrected chi connectivity index (χ4v) is 3.15. The second kappa shape index (κ2) is 8.15. The third-order valence-corrected chi connectivity index (χ3v) is 4.43. The molecule has 2 N–H and O–H groups in total. The van der Waals surface area contributed by atoms with Crippen LogP contribution in [0.15, 0.2) is 23.2 Å². The highest BCUT2D eigenvalue weighted by Crippen LogP contribution is 2.18. The van der Waals surface area contributed by atoms with E-state index in [1.165, 1.54) is 31.5 Å². The third kappa shape index (κ3) is 4.58. The van der Waals surface area contributed by atoms with Crippen molar-refractivity contribution in [1.82, 2.24) is 15.1 Å². The number of nitrogens with one attached hydrogen (secondary N) is 1. The largest absolute Gasteiger partial charge is 0.505 e. The smallest absolute Gasteiger partial charge is 0.193 e. The van der Waals surface area contributed by atoms with Crippen LogP contribution >= 0.6 is 0 Å². The molecule has 1 aliphatic heterocycles. The maximum absolute atomic E-state index is 13.4. The topological polar surface area (TPSA) is 51.1 Å². The van der Waals surface area contributed by atoms with Crippen LogP contribution in [-0.4, -0.2) is 60.6 Å². The Morgan fingerprint density at radius 1 is 1.52 bits per heavy atom. The summed E-state index contributed by atoms with van der Waals surface area (Å²) in [6.07, 6.45) is 2.48. The summed E-state index contributed by atoms with van der Waals surface area (Å²) in [5.41, 5.74) is 0.769. The van der Waals surface area contributed by atoms with Gasteiger partial charge in [0.2, 0.25) is 0 Å². The van der Waals surface area contributed by atoms with Gasteiger partial charge in [-0.15, -0.1) is 0 Å². The summed E-state index contributed by atoms with van der Waals surface area (Å²) in [6, 6.07) is 4.98. The minimum atomic E-state index is -0.600. The molecule has 1 aromatic rings. The van der Waals surface area contributed by atoms with E-state index in [2.05, 4.69) is 27.0 Å². The first-order chi connectivity index (χ1) is 11.0. The first-order valence-electron chi connectivity index (χ1n) is 8.18. The molecule has 1 saturated heterocycles. The lowest BCUT2D eigenvalue weighted by molar-refractivity contribution is 0.232. The number of nitrogens with zero attached hydrogens (tertiary/aromatic N) is 3. The van der Waals surface area contributed by atoms with Crippen LogP contribution in [0.2, 0.25) is 0 Å². The molecule has 2 rings (SSSR count). The van der Waals surface area contributed by atoms with Crippen molar-refractivity contribution in [2.45, 2.75) is 32.4 Å². The minimum absolute atomic E-state index is 0.323. The predicted octanol–water partition coefficient (Wildman–Crippen LogP) is 2.02. The van der Waals surface area contributed by atoms with Gasteiger partial charge in [-0.05, 0) is 43.6 Å². The first kappa shape index (κ1) is 17.5. The number of rotatable bonds is 5. The van der Waals surface area contributed by atoms with E-state index in [4.69, 9.17) is 0 Å². The summed E-state index contributed by atoms with van der Waals surface area (Å²) in [5.74, 6) is -0.130. The van der Waals surface area contributed by atoms with Gasteiger partial charge in [0.1, 0.15) is 0 Å². The number of phenolic OH excluding ortho intramolecular Hbond substituents is 1. The van der Waals surface area contributed by atoms with Crippen LogP contribution in [-0.2, 0) is 6.54 Å². The molecular formula is C17H27FN4O. The van der Waals surface area contributed by atoms with E-state index in [0.717, 1.165) is 24.6 Å². The molecule has 0 aromatic heterocycles. The van der Waals surface area contributed by atoms with Gasteiger partial charge < -0.3 is 15.3 Å². The Hall–Kier alpha value is -1.82. The average molecular weight is 322 g/mol. The van der Waals surface area contributed by atoms with Gasteiger partial charge in [-0.1, -0.05) is 13.0 Å². The number of likely N-dealkylation sites (tertiary alicyclic amines) is 1. The normalized spacial score (nSPS) is 19.1. The molecule has 0 spiro atoms. The molecule has 6 heteroatoms. The number of hydrogen-bond acceptors (Lipinski definition) is 3. The van der Waals surface area contributed by atoms with Crippen LogP contribution in [0, 0.1) is 5.82 Å². The number of benzene rings is 1. The van der Waals surface area contributed by atoms with E-state index < -0.39 is 5.82 Å². The summed E-state index contributed by atoms with van der Waals surface area (Å²) in [4.78, 5) is 8.93. The summed E-state index contributed by atoms with van der Waals surface area (Å²) in [7, 11) is 3.78. The van der Waals surface area contributed by atoms with Crippen molar-refractivity contribution in [2.75, 3.05) is 33.7 Å². The number of halogens is 1. The minimum Gasteiger partial charge on any atom is -0.505 e. The highest BCUT2D eigenvalue weighted by atomic mass is 19.1. The van der Waals surface area contributed by atoms with Gasteiger partial charge in [0, 0.05) is 33.2 Å². The SMILES string of the molecule is CCN1CCCC1CN(C)C(=NC)NCc1ccc(O)c(F)c1. The van der Waals surface area contributed by atoms with Crippen LogP contribution in [0.3, 0.4) is 0 Å². The third-order valence-electron chi connectivity index (χ3n) is 4.43. The summed E-state index contributed by atoms with van der Waals surface area (Å²) in [5, 5.41) is 12.5. The van der Waals surface area contributed by atoms with Crippen molar-refractivity contribution in [1.29, 1.82) is 0 Å². The molecule has 1 aromatic carbocycles. The first-order valence-corrected chi connectivity index (χ1v) is 8.18. The lowest BCUT2D eigenvalue weighted by atomic mass is 10.2. The van der Waals surface area contributed by atoms with Crippen molar-refractivity contribution < 1.29 is 9.50 Å². The number of phenols is 1. The molecule has 1 atom stereocenters. The molecule has 0 saturated carbocycles. The zero-order valence-corrected chi connectivity index (χ0v) is 14.2. The lowest BCUT2D eigenvalue weighted by Crippen LogP contribution is -2.45. The quantitative estimate of drug-likeness (QED) is 0.643. The number of likely N-dealkylation sites (N-methyl/N-ethyl adjacent to an activating group) is 2. The van der Waals surface area contributed by atoms with Crippen molar-refractivity contribution in [3.8, 4) is 5.75 Å². The van der Waals surface area contributed by atoms with Crippen molar-refractivity contribution >= 4 is 5.96 Å². The van der Waals surface area contributed by atoms with Gasteiger partial charge in [-0.25, -0.2) is 4.39 Å². The maximum atomic E-state index is 13.4. The van der Waals surface area contributed by atoms with E-state index in [9.17, 15) is 9.50 Å². The van der Waals surface area contributed by atoms with E-state index >= 15 is 0 Å². The molecule has 1 fully saturated rings. The summed E-state index contributed by atoms with van der Waals surface area (Å²) >= 11 is 0. The molecular weight excluding hydrogens is 295 g/mol. The van der Waals surface area contributed by atoms with Crippen LogP contribution < -0.4 is 5.32 Å². The van der Waals surface area contributed by atoms with E-state index in [1.54, 1.807) is 13.1 Å². The Morgan fingerprint density at radius 2 is 2.30 bits per heavy atom. The van der Waals surface area contributed by atoms with Crippen LogP contribution in [0.1, 0.15) is 25.3 Å². The molecule has 1 unspecified atom stereocenters. The van der Waals surface area contributed by atoms with E-state index in [1.807, 2.05) is 7.05 Å². The van der Waals surface area contributed by atoms with Gasteiger partial charge in [-0.3, -0.25) is 9.89 Å². The molecule has 128 valence electrons. The predicted molar refractivity (Wildman–Crippen MR) is 91.2 cm³/mol. The summed E-state index contributed by atoms with van der Waals surface area (Å²) < 4.78 is 13.4. The Balaban J connectivity index is 1.90. The van der Waals surface area contributed by atoms with Gasteiger partial charge >= 0.3 is 0 Å². The van der Waals surface area contributed by atoms with E-state index in [0.29, 0.717) is 12.6 Å². The number of aromatic hydroxyl groups is 1. The number of hydrogen-bond donors (Lipinski definition) is 2. The molecule has 0 radical (unpaired) electrons. The van der Waals surface area contributed by atoms with Crippen LogP contribution in [0.5, 0.6) is 5.75 Å². The highest BCUT2D eigenvalue weighted by molar-refractivity contribution is 5.79. The zero-order chi connectivity index (χ0) is 16.8. The van der Waals surface area contributed by atoms with Gasteiger partial charge in [0.25, 0.3) is 0 Å². The highest BCUT2D eigenvalue weighted by Gasteiger charge is 2.24.